The predicted octanol–water partition coefficient (Wildman–Crippen LogP) is 7.67. The molecule has 0 aromatic heterocycles. The third-order valence-electron chi connectivity index (χ3n) is 5.76. The van der Waals surface area contributed by atoms with Gasteiger partial charge in [-0.1, -0.05) is 115 Å². The lowest BCUT2D eigenvalue weighted by Gasteiger charge is -2.06. The second-order valence-corrected chi connectivity index (χ2v) is 8.53. The van der Waals surface area contributed by atoms with E-state index in [1.165, 1.54) is 96.3 Å². The van der Waals surface area contributed by atoms with E-state index in [-0.39, 0.29) is 12.5 Å². The molecule has 0 bridgehead atoms. The van der Waals surface area contributed by atoms with Crippen molar-refractivity contribution in [3.8, 4) is 0 Å². The third kappa shape index (κ3) is 14.6. The van der Waals surface area contributed by atoms with Gasteiger partial charge in [0, 0.05) is 12.1 Å². The van der Waals surface area contributed by atoms with E-state index >= 15 is 0 Å². The Kier molecular flexibility index (Phi) is 17.4. The fourth-order valence-electron chi connectivity index (χ4n) is 3.80. The lowest BCUT2D eigenvalue weighted by atomic mass is 10.0. The van der Waals surface area contributed by atoms with Crippen molar-refractivity contribution in [3.05, 3.63) is 35.4 Å². The van der Waals surface area contributed by atoms with Gasteiger partial charge in [0.15, 0.2) is 0 Å². The first kappa shape index (κ1) is 26.6. The van der Waals surface area contributed by atoms with E-state index in [2.05, 4.69) is 17.1 Å². The van der Waals surface area contributed by atoms with E-state index in [1.54, 1.807) is 24.3 Å². The third-order valence-corrected chi connectivity index (χ3v) is 5.76. The molecule has 0 aliphatic heterocycles. The zero-order valence-corrected chi connectivity index (χ0v) is 19.3. The second kappa shape index (κ2) is 19.6. The molecule has 30 heavy (non-hydrogen) atoms. The Morgan fingerprint density at radius 2 is 1.17 bits per heavy atom. The number of unbranched alkanes of at least 4 members (excludes halogenated alkanes) is 15. The van der Waals surface area contributed by atoms with Crippen LogP contribution in [0.3, 0.4) is 0 Å². The average Bonchev–Trinajstić information content (AvgIpc) is 2.76. The summed E-state index contributed by atoms with van der Waals surface area (Å²) in [4.78, 5) is 16.2. The van der Waals surface area contributed by atoms with Crippen molar-refractivity contribution in [2.45, 2.75) is 116 Å². The van der Waals surface area contributed by atoms with Gasteiger partial charge in [0.2, 0.25) is 0 Å². The molecule has 1 aromatic rings. The van der Waals surface area contributed by atoms with E-state index in [4.69, 9.17) is 5.26 Å². The van der Waals surface area contributed by atoms with E-state index in [0.717, 1.165) is 18.5 Å². The van der Waals surface area contributed by atoms with Crippen molar-refractivity contribution >= 4 is 5.91 Å². The van der Waals surface area contributed by atoms with Crippen LogP contribution >= 0.6 is 0 Å². The lowest BCUT2D eigenvalue weighted by Crippen LogP contribution is -2.24. The number of hydrogen-bond donors (Lipinski definition) is 2. The van der Waals surface area contributed by atoms with Crippen LogP contribution in [0.2, 0.25) is 0 Å². The van der Waals surface area contributed by atoms with Gasteiger partial charge >= 0.3 is 0 Å². The predicted molar refractivity (Wildman–Crippen MR) is 126 cm³/mol. The molecule has 0 heterocycles. The summed E-state index contributed by atoms with van der Waals surface area (Å²) in [5, 5.41) is 11.4. The van der Waals surface area contributed by atoms with Gasteiger partial charge in [-0.2, -0.15) is 0 Å². The number of benzene rings is 1. The Hall–Kier alpha value is -1.39. The highest BCUT2D eigenvalue weighted by Gasteiger charge is 2.04. The molecule has 1 amide bonds. The molecule has 0 saturated heterocycles. The van der Waals surface area contributed by atoms with E-state index < -0.39 is 0 Å². The lowest BCUT2D eigenvalue weighted by molar-refractivity contribution is -0.253. The maximum absolute atomic E-state index is 12.1. The molecule has 1 rings (SSSR count). The quantitative estimate of drug-likeness (QED) is 0.129. The molecule has 4 nitrogen and oxygen atoms in total. The minimum Gasteiger partial charge on any atom is -0.352 e. The Balaban J connectivity index is 1.83. The molecule has 0 spiro atoms. The van der Waals surface area contributed by atoms with Crippen LogP contribution in [0.4, 0.5) is 0 Å². The minimum absolute atomic E-state index is 0.0348. The molecule has 4 heteroatoms. The Labute approximate surface area is 184 Å². The van der Waals surface area contributed by atoms with Gasteiger partial charge in [-0.3, -0.25) is 10.1 Å². The summed E-state index contributed by atoms with van der Waals surface area (Å²) in [5.41, 5.74) is 1.49. The van der Waals surface area contributed by atoms with Crippen molar-refractivity contribution in [2.24, 2.45) is 0 Å². The zero-order valence-electron chi connectivity index (χ0n) is 19.3. The van der Waals surface area contributed by atoms with Crippen LogP contribution in [0.25, 0.3) is 0 Å². The number of carbonyl (C=O) groups excluding carboxylic acids is 1. The van der Waals surface area contributed by atoms with Crippen LogP contribution in [-0.4, -0.2) is 17.7 Å². The number of nitrogens with one attached hydrogen (secondary N) is 1. The molecule has 0 fully saturated rings. The van der Waals surface area contributed by atoms with Crippen molar-refractivity contribution in [3.63, 3.8) is 0 Å². The molecule has 0 saturated carbocycles. The largest absolute Gasteiger partial charge is 0.352 e. The first-order chi connectivity index (χ1) is 14.8. The van der Waals surface area contributed by atoms with Crippen LogP contribution in [0.1, 0.15) is 126 Å². The van der Waals surface area contributed by atoms with Gasteiger partial charge in [0.05, 0.1) is 0 Å². The summed E-state index contributed by atoms with van der Waals surface area (Å²) < 4.78 is 0. The van der Waals surface area contributed by atoms with E-state index in [0.29, 0.717) is 5.56 Å². The molecule has 172 valence electrons. The van der Waals surface area contributed by atoms with Crippen molar-refractivity contribution < 1.29 is 14.9 Å². The summed E-state index contributed by atoms with van der Waals surface area (Å²) in [6.45, 7) is 3.15. The normalized spacial score (nSPS) is 11.0. The van der Waals surface area contributed by atoms with Gasteiger partial charge < -0.3 is 5.32 Å². The average molecular weight is 420 g/mol. The maximum atomic E-state index is 12.1. The highest BCUT2D eigenvalue weighted by molar-refractivity contribution is 5.94. The standard InChI is InChI=1S/C26H45NO3/c1-2-3-4-5-6-7-8-9-10-11-12-13-14-15-16-17-22-27-26(28)25-20-18-24(19-21-25)23-30-29/h18-21,29H,2-17,22-23H2,1H3,(H,27,28). The van der Waals surface area contributed by atoms with Crippen LogP contribution in [-0.2, 0) is 11.5 Å². The first-order valence-electron chi connectivity index (χ1n) is 12.4. The Bertz CT molecular complexity index is 516. The van der Waals surface area contributed by atoms with Crippen molar-refractivity contribution in [1.29, 1.82) is 0 Å². The molecule has 0 radical (unpaired) electrons. The summed E-state index contributed by atoms with van der Waals surface area (Å²) >= 11 is 0. The zero-order chi connectivity index (χ0) is 21.7. The number of amides is 1. The molecule has 0 atom stereocenters. The Morgan fingerprint density at radius 3 is 1.60 bits per heavy atom. The minimum atomic E-state index is -0.0348. The van der Waals surface area contributed by atoms with E-state index in [1.807, 2.05) is 0 Å². The van der Waals surface area contributed by atoms with Crippen molar-refractivity contribution in [2.75, 3.05) is 6.54 Å². The summed E-state index contributed by atoms with van der Waals surface area (Å²) in [7, 11) is 0. The monoisotopic (exact) mass is 419 g/mol. The SMILES string of the molecule is CCCCCCCCCCCCCCCCCCNC(=O)c1ccc(COO)cc1. The fraction of sp³-hybridized carbons (Fsp3) is 0.731. The van der Waals surface area contributed by atoms with E-state index in [9.17, 15) is 4.79 Å². The van der Waals surface area contributed by atoms with Crippen molar-refractivity contribution in [1.82, 2.24) is 5.32 Å². The van der Waals surface area contributed by atoms with Gasteiger partial charge in [-0.05, 0) is 24.1 Å². The van der Waals surface area contributed by atoms with Crippen LogP contribution in [0.15, 0.2) is 24.3 Å². The first-order valence-corrected chi connectivity index (χ1v) is 12.4. The molecule has 0 aliphatic rings. The maximum Gasteiger partial charge on any atom is 0.251 e. The number of hydrogen-bond acceptors (Lipinski definition) is 3. The molecular formula is C26H45NO3. The molecular weight excluding hydrogens is 374 g/mol. The van der Waals surface area contributed by atoms with Crippen LogP contribution in [0, 0.1) is 0 Å². The number of rotatable bonds is 20. The summed E-state index contributed by atoms with van der Waals surface area (Å²) in [6.07, 6.45) is 21.7. The van der Waals surface area contributed by atoms with Crippen LogP contribution in [0.5, 0.6) is 0 Å². The molecule has 1 aromatic carbocycles. The van der Waals surface area contributed by atoms with Gasteiger partial charge in [-0.25, -0.2) is 4.89 Å². The summed E-state index contributed by atoms with van der Waals surface area (Å²) in [5.74, 6) is -0.0348. The van der Waals surface area contributed by atoms with Gasteiger partial charge in [0.25, 0.3) is 5.91 Å². The molecule has 0 unspecified atom stereocenters. The second-order valence-electron chi connectivity index (χ2n) is 8.53. The highest BCUT2D eigenvalue weighted by Crippen LogP contribution is 2.13. The topological polar surface area (TPSA) is 58.6 Å². The highest BCUT2D eigenvalue weighted by atomic mass is 17.1. The molecule has 0 aliphatic carbocycles. The van der Waals surface area contributed by atoms with Gasteiger partial charge in [0.1, 0.15) is 6.61 Å². The van der Waals surface area contributed by atoms with Crippen LogP contribution < -0.4 is 5.32 Å². The summed E-state index contributed by atoms with van der Waals surface area (Å²) in [6, 6.07) is 7.11. The molecule has 2 N–H and O–H groups in total. The van der Waals surface area contributed by atoms with Gasteiger partial charge in [-0.15, -0.1) is 0 Å². The number of carbonyl (C=O) groups is 1. The smallest absolute Gasteiger partial charge is 0.251 e. The Morgan fingerprint density at radius 1 is 0.733 bits per heavy atom. The fourth-order valence-corrected chi connectivity index (χ4v) is 3.80.